The average Bonchev–Trinajstić information content (AvgIpc) is 3.01. The third kappa shape index (κ3) is 3.26. The minimum absolute atomic E-state index is 0.357. The number of aromatic nitrogens is 2. The fourth-order valence-electron chi connectivity index (χ4n) is 3.30. The van der Waals surface area contributed by atoms with E-state index in [4.69, 9.17) is 0 Å². The van der Waals surface area contributed by atoms with E-state index >= 15 is 0 Å². The van der Waals surface area contributed by atoms with Gasteiger partial charge in [0.05, 0.1) is 10.3 Å². The summed E-state index contributed by atoms with van der Waals surface area (Å²) in [4.78, 5) is 16.1. The Morgan fingerprint density at radius 3 is 2.31 bits per heavy atom. The van der Waals surface area contributed by atoms with Crippen molar-refractivity contribution in [3.8, 4) is 0 Å². The van der Waals surface area contributed by atoms with Crippen molar-refractivity contribution in [3.63, 3.8) is 0 Å². The number of rotatable bonds is 3. The van der Waals surface area contributed by atoms with Crippen molar-refractivity contribution in [1.29, 1.82) is 0 Å². The molecule has 1 aliphatic rings. The molecular formula is C18H20N4O2S2. The lowest BCUT2D eigenvalue weighted by Crippen LogP contribution is -2.46. The molecule has 1 fully saturated rings. The van der Waals surface area contributed by atoms with E-state index in [9.17, 15) is 8.42 Å². The molecule has 0 bridgehead atoms. The van der Waals surface area contributed by atoms with Gasteiger partial charge < -0.3 is 9.80 Å². The predicted octanol–water partition coefficient (Wildman–Crippen LogP) is 2.73. The van der Waals surface area contributed by atoms with Crippen LogP contribution in [-0.2, 0) is 9.84 Å². The summed E-state index contributed by atoms with van der Waals surface area (Å²) < 4.78 is 23.2. The topological polar surface area (TPSA) is 66.4 Å². The lowest BCUT2D eigenvalue weighted by atomic mass is 10.2. The normalized spacial score (nSPS) is 15.6. The standard InChI is InChI=1S/C18H20N4O2S2/c1-13-11-16-17(19-12-20-18(16)25-13)22-9-7-21(8-10-22)14-3-5-15(6-4-14)26(2,23)24/h3-6,11-12H,7-10H2,1-2H3. The average molecular weight is 389 g/mol. The van der Waals surface area contributed by atoms with E-state index < -0.39 is 9.84 Å². The number of aryl methyl sites for hydroxylation is 1. The van der Waals surface area contributed by atoms with Gasteiger partial charge in [-0.1, -0.05) is 0 Å². The molecule has 0 amide bonds. The number of anilines is 2. The number of sulfone groups is 1. The molecular weight excluding hydrogens is 368 g/mol. The predicted molar refractivity (Wildman–Crippen MR) is 106 cm³/mol. The number of fused-ring (bicyclic) bond motifs is 1. The summed E-state index contributed by atoms with van der Waals surface area (Å²) in [7, 11) is -3.15. The number of benzene rings is 1. The van der Waals surface area contributed by atoms with E-state index in [2.05, 4.69) is 32.8 Å². The molecule has 3 heterocycles. The molecule has 1 saturated heterocycles. The Morgan fingerprint density at radius 1 is 1.00 bits per heavy atom. The van der Waals surface area contributed by atoms with Crippen LogP contribution in [0, 0.1) is 6.92 Å². The second-order valence-corrected chi connectivity index (χ2v) is 9.76. The molecule has 0 saturated carbocycles. The minimum atomic E-state index is -3.15. The van der Waals surface area contributed by atoms with E-state index in [1.807, 2.05) is 12.1 Å². The second-order valence-electron chi connectivity index (χ2n) is 6.51. The van der Waals surface area contributed by atoms with Crippen LogP contribution in [-0.4, -0.2) is 50.8 Å². The number of hydrogen-bond donors (Lipinski definition) is 0. The minimum Gasteiger partial charge on any atom is -0.368 e. The second kappa shape index (κ2) is 6.51. The summed E-state index contributed by atoms with van der Waals surface area (Å²) in [6.45, 7) is 5.57. The fraction of sp³-hybridized carbons (Fsp3) is 0.333. The van der Waals surface area contributed by atoms with Gasteiger partial charge in [-0.25, -0.2) is 18.4 Å². The van der Waals surface area contributed by atoms with Gasteiger partial charge in [0.1, 0.15) is 17.0 Å². The molecule has 3 aromatic rings. The van der Waals surface area contributed by atoms with Gasteiger partial charge in [-0.2, -0.15) is 0 Å². The van der Waals surface area contributed by atoms with Crippen LogP contribution in [0.3, 0.4) is 0 Å². The highest BCUT2D eigenvalue weighted by Crippen LogP contribution is 2.30. The first-order chi connectivity index (χ1) is 12.4. The van der Waals surface area contributed by atoms with Crippen molar-refractivity contribution in [1.82, 2.24) is 9.97 Å². The molecule has 0 spiro atoms. The molecule has 0 radical (unpaired) electrons. The van der Waals surface area contributed by atoms with Crippen molar-refractivity contribution in [2.75, 3.05) is 42.2 Å². The molecule has 8 heteroatoms. The highest BCUT2D eigenvalue weighted by molar-refractivity contribution is 7.90. The van der Waals surface area contributed by atoms with Gasteiger partial charge in [0.2, 0.25) is 0 Å². The Bertz CT molecular complexity index is 1040. The van der Waals surface area contributed by atoms with Gasteiger partial charge in [0.15, 0.2) is 9.84 Å². The number of thiophene rings is 1. The van der Waals surface area contributed by atoms with E-state index in [-0.39, 0.29) is 0 Å². The van der Waals surface area contributed by atoms with Gasteiger partial charge >= 0.3 is 0 Å². The summed E-state index contributed by atoms with van der Waals surface area (Å²) in [5.74, 6) is 1.01. The van der Waals surface area contributed by atoms with Gasteiger partial charge in [0, 0.05) is 43.0 Å². The maximum Gasteiger partial charge on any atom is 0.175 e. The van der Waals surface area contributed by atoms with Gasteiger partial charge in [-0.15, -0.1) is 11.3 Å². The Balaban J connectivity index is 1.50. The van der Waals surface area contributed by atoms with E-state index in [0.717, 1.165) is 47.9 Å². The lowest BCUT2D eigenvalue weighted by molar-refractivity contribution is 0.602. The van der Waals surface area contributed by atoms with Crippen LogP contribution in [0.1, 0.15) is 4.88 Å². The fourth-order valence-corrected chi connectivity index (χ4v) is 4.77. The quantitative estimate of drug-likeness (QED) is 0.687. The zero-order valence-electron chi connectivity index (χ0n) is 14.7. The summed E-state index contributed by atoms with van der Waals surface area (Å²) in [5, 5.41) is 1.13. The van der Waals surface area contributed by atoms with Crippen LogP contribution < -0.4 is 9.80 Å². The molecule has 26 heavy (non-hydrogen) atoms. The maximum atomic E-state index is 11.6. The highest BCUT2D eigenvalue weighted by Gasteiger charge is 2.21. The monoisotopic (exact) mass is 388 g/mol. The molecule has 4 rings (SSSR count). The molecule has 6 nitrogen and oxygen atoms in total. The van der Waals surface area contributed by atoms with Crippen molar-refractivity contribution in [2.45, 2.75) is 11.8 Å². The maximum absolute atomic E-state index is 11.6. The molecule has 2 aromatic heterocycles. The largest absolute Gasteiger partial charge is 0.368 e. The number of nitrogens with zero attached hydrogens (tertiary/aromatic N) is 4. The van der Waals surface area contributed by atoms with Crippen molar-refractivity contribution >= 4 is 42.9 Å². The number of hydrogen-bond acceptors (Lipinski definition) is 7. The van der Waals surface area contributed by atoms with Crippen LogP contribution >= 0.6 is 11.3 Å². The van der Waals surface area contributed by atoms with Gasteiger partial charge in [-0.3, -0.25) is 0 Å². The molecule has 0 N–H and O–H groups in total. The van der Waals surface area contributed by atoms with Crippen LogP contribution in [0.25, 0.3) is 10.2 Å². The Morgan fingerprint density at radius 2 is 1.65 bits per heavy atom. The summed E-state index contributed by atoms with van der Waals surface area (Å²) >= 11 is 1.69. The molecule has 1 aliphatic heterocycles. The van der Waals surface area contributed by atoms with Gasteiger partial charge in [0.25, 0.3) is 0 Å². The van der Waals surface area contributed by atoms with Crippen molar-refractivity contribution in [2.24, 2.45) is 0 Å². The Hall–Kier alpha value is -2.19. The van der Waals surface area contributed by atoms with Crippen LogP contribution in [0.4, 0.5) is 11.5 Å². The molecule has 0 atom stereocenters. The van der Waals surface area contributed by atoms with Gasteiger partial charge in [-0.05, 0) is 37.3 Å². The highest BCUT2D eigenvalue weighted by atomic mass is 32.2. The van der Waals surface area contributed by atoms with Crippen LogP contribution in [0.15, 0.2) is 41.6 Å². The lowest BCUT2D eigenvalue weighted by Gasteiger charge is -2.37. The molecule has 0 unspecified atom stereocenters. The first-order valence-electron chi connectivity index (χ1n) is 8.43. The SMILES string of the molecule is Cc1cc2c(N3CCN(c4ccc(S(C)(=O)=O)cc4)CC3)ncnc2s1. The number of piperazine rings is 1. The summed E-state index contributed by atoms with van der Waals surface area (Å²) in [5.41, 5.74) is 1.05. The smallest absolute Gasteiger partial charge is 0.175 e. The van der Waals surface area contributed by atoms with E-state index in [1.54, 1.807) is 29.8 Å². The first kappa shape index (κ1) is 17.2. The zero-order valence-corrected chi connectivity index (χ0v) is 16.3. The molecule has 0 aliphatic carbocycles. The third-order valence-electron chi connectivity index (χ3n) is 4.64. The Kier molecular flexibility index (Phi) is 4.32. The first-order valence-corrected chi connectivity index (χ1v) is 11.1. The molecule has 136 valence electrons. The summed E-state index contributed by atoms with van der Waals surface area (Å²) in [6.07, 6.45) is 2.87. The van der Waals surface area contributed by atoms with Crippen molar-refractivity contribution in [3.05, 3.63) is 41.5 Å². The van der Waals surface area contributed by atoms with Crippen LogP contribution in [0.5, 0.6) is 0 Å². The Labute approximate surface area is 157 Å². The van der Waals surface area contributed by atoms with E-state index in [1.165, 1.54) is 11.1 Å². The molecule has 1 aromatic carbocycles. The zero-order chi connectivity index (χ0) is 18.3. The van der Waals surface area contributed by atoms with Crippen LogP contribution in [0.2, 0.25) is 0 Å². The van der Waals surface area contributed by atoms with E-state index in [0.29, 0.717) is 4.90 Å². The van der Waals surface area contributed by atoms with Crippen molar-refractivity contribution < 1.29 is 8.42 Å². The third-order valence-corrected chi connectivity index (χ3v) is 6.73. The summed E-state index contributed by atoms with van der Waals surface area (Å²) in [6, 6.07) is 9.29.